The summed E-state index contributed by atoms with van der Waals surface area (Å²) in [5, 5.41) is 15.1. The predicted octanol–water partition coefficient (Wildman–Crippen LogP) is 4.95. The molecule has 2 N–H and O–H groups in total. The number of amides is 1. The third kappa shape index (κ3) is 5.36. The molecule has 1 aliphatic rings. The molecule has 3 aromatic rings. The summed E-state index contributed by atoms with van der Waals surface area (Å²) < 4.78 is 14.1. The van der Waals surface area contributed by atoms with Crippen molar-refractivity contribution in [3.63, 3.8) is 0 Å². The zero-order valence-corrected chi connectivity index (χ0v) is 20.5. The SMILES string of the molecule is CCN(c1nc(F)ccc1NC(C)(C)C)C1CCN(C(=O)c2cc3cc([N+](=O)[O-])ccc3[nH]2)CC1. The number of H-pyrrole nitrogens is 1. The van der Waals surface area contributed by atoms with Crippen LogP contribution in [-0.4, -0.2) is 56.9 Å². The van der Waals surface area contributed by atoms with Crippen LogP contribution in [0.15, 0.2) is 36.4 Å². The van der Waals surface area contributed by atoms with E-state index in [0.717, 1.165) is 18.5 Å². The molecule has 0 spiro atoms. The number of nitrogens with zero attached hydrogens (tertiary/aromatic N) is 4. The van der Waals surface area contributed by atoms with Crippen LogP contribution < -0.4 is 10.2 Å². The molecule has 9 nitrogen and oxygen atoms in total. The number of nitro groups is 1. The fourth-order valence-electron chi connectivity index (χ4n) is 4.63. The fourth-order valence-corrected chi connectivity index (χ4v) is 4.63. The number of benzene rings is 1. The van der Waals surface area contributed by atoms with Gasteiger partial charge >= 0.3 is 0 Å². The zero-order valence-electron chi connectivity index (χ0n) is 20.5. The molecule has 1 saturated heterocycles. The number of piperidine rings is 1. The van der Waals surface area contributed by atoms with E-state index in [9.17, 15) is 19.3 Å². The average Bonchev–Trinajstić information content (AvgIpc) is 3.24. The van der Waals surface area contributed by atoms with E-state index < -0.39 is 10.9 Å². The van der Waals surface area contributed by atoms with E-state index in [1.807, 2.05) is 27.7 Å². The molecule has 0 saturated carbocycles. The molecule has 1 aliphatic heterocycles. The maximum Gasteiger partial charge on any atom is 0.270 e. The summed E-state index contributed by atoms with van der Waals surface area (Å²) in [5.74, 6) is -0.0710. The van der Waals surface area contributed by atoms with E-state index in [-0.39, 0.29) is 23.2 Å². The van der Waals surface area contributed by atoms with Gasteiger partial charge in [-0.1, -0.05) is 0 Å². The first-order chi connectivity index (χ1) is 16.6. The summed E-state index contributed by atoms with van der Waals surface area (Å²) in [6.07, 6.45) is 1.44. The van der Waals surface area contributed by atoms with Gasteiger partial charge in [0.1, 0.15) is 5.69 Å². The summed E-state index contributed by atoms with van der Waals surface area (Å²) in [6.45, 7) is 9.91. The first kappa shape index (κ1) is 24.4. The summed E-state index contributed by atoms with van der Waals surface area (Å²) in [7, 11) is 0. The number of carbonyl (C=O) groups excluding carboxylic acids is 1. The molecule has 4 rings (SSSR count). The molecule has 1 aromatic carbocycles. The first-order valence-electron chi connectivity index (χ1n) is 11.8. The minimum Gasteiger partial charge on any atom is -0.377 e. The number of nitro benzene ring substituents is 1. The molecule has 0 atom stereocenters. The van der Waals surface area contributed by atoms with Crippen molar-refractivity contribution >= 4 is 34.0 Å². The number of aromatic amines is 1. The lowest BCUT2D eigenvalue weighted by Crippen LogP contribution is -2.47. The summed E-state index contributed by atoms with van der Waals surface area (Å²) >= 11 is 0. The Morgan fingerprint density at radius 3 is 2.60 bits per heavy atom. The lowest BCUT2D eigenvalue weighted by molar-refractivity contribution is -0.384. The lowest BCUT2D eigenvalue weighted by Gasteiger charge is -2.39. The van der Waals surface area contributed by atoms with Crippen LogP contribution in [0, 0.1) is 16.1 Å². The Morgan fingerprint density at radius 2 is 1.97 bits per heavy atom. The maximum absolute atomic E-state index is 14.1. The van der Waals surface area contributed by atoms with Gasteiger partial charge in [-0.25, -0.2) is 4.98 Å². The normalized spacial score (nSPS) is 14.8. The first-order valence-corrected chi connectivity index (χ1v) is 11.8. The number of non-ortho nitro benzene ring substituents is 1. The highest BCUT2D eigenvalue weighted by Crippen LogP contribution is 2.31. The highest BCUT2D eigenvalue weighted by molar-refractivity contribution is 5.98. The third-order valence-electron chi connectivity index (χ3n) is 6.20. The number of aromatic nitrogens is 2. The summed E-state index contributed by atoms with van der Waals surface area (Å²) in [6, 6.07) is 9.36. The number of anilines is 2. The number of hydrogen-bond acceptors (Lipinski definition) is 6. The second-order valence-electron chi connectivity index (χ2n) is 9.90. The Hall–Kier alpha value is -3.69. The molecule has 0 bridgehead atoms. The Bertz CT molecular complexity index is 1240. The number of carbonyl (C=O) groups is 1. The molecule has 1 fully saturated rings. The lowest BCUT2D eigenvalue weighted by atomic mass is 10.0. The molecule has 0 radical (unpaired) electrons. The molecule has 3 heterocycles. The molecule has 1 amide bonds. The van der Waals surface area contributed by atoms with Gasteiger partial charge in [0.2, 0.25) is 5.95 Å². The van der Waals surface area contributed by atoms with Crippen molar-refractivity contribution < 1.29 is 14.1 Å². The fraction of sp³-hybridized carbons (Fsp3) is 0.440. The minimum atomic E-state index is -0.524. The van der Waals surface area contributed by atoms with Crippen molar-refractivity contribution in [3.8, 4) is 0 Å². The van der Waals surface area contributed by atoms with Gasteiger partial charge in [-0.3, -0.25) is 14.9 Å². The van der Waals surface area contributed by atoms with Gasteiger partial charge in [-0.05, 0) is 64.8 Å². The molecule has 2 aromatic heterocycles. The van der Waals surface area contributed by atoms with Crippen molar-refractivity contribution in [2.75, 3.05) is 29.9 Å². The maximum atomic E-state index is 14.1. The Kier molecular flexibility index (Phi) is 6.64. The van der Waals surface area contributed by atoms with Crippen molar-refractivity contribution in [2.24, 2.45) is 0 Å². The van der Waals surface area contributed by atoms with Crippen molar-refractivity contribution in [3.05, 3.63) is 58.2 Å². The molecular formula is C25H31FN6O3. The van der Waals surface area contributed by atoms with Crippen molar-refractivity contribution in [1.29, 1.82) is 0 Å². The Morgan fingerprint density at radius 1 is 1.26 bits per heavy atom. The van der Waals surface area contributed by atoms with E-state index in [1.165, 1.54) is 18.2 Å². The molecule has 186 valence electrons. The van der Waals surface area contributed by atoms with Gasteiger partial charge in [-0.15, -0.1) is 0 Å². The van der Waals surface area contributed by atoms with Crippen molar-refractivity contribution in [1.82, 2.24) is 14.9 Å². The quantitative estimate of drug-likeness (QED) is 0.292. The number of nitrogens with one attached hydrogen (secondary N) is 2. The van der Waals surface area contributed by atoms with Gasteiger partial charge < -0.3 is 20.1 Å². The van der Waals surface area contributed by atoms with E-state index >= 15 is 0 Å². The summed E-state index contributed by atoms with van der Waals surface area (Å²) in [4.78, 5) is 34.9. The molecule has 0 unspecified atom stereocenters. The van der Waals surface area contributed by atoms with Crippen LogP contribution >= 0.6 is 0 Å². The van der Waals surface area contributed by atoms with Crippen LogP contribution in [0.5, 0.6) is 0 Å². The van der Waals surface area contributed by atoms with Gasteiger partial charge in [0.15, 0.2) is 5.82 Å². The van der Waals surface area contributed by atoms with Crippen LogP contribution in [0.3, 0.4) is 0 Å². The van der Waals surface area contributed by atoms with Crippen LogP contribution in [0.25, 0.3) is 10.9 Å². The number of pyridine rings is 1. The highest BCUT2D eigenvalue weighted by atomic mass is 19.1. The standard InChI is InChI=1S/C25H31FN6O3/c1-5-31(23-20(29-25(2,3)4)8-9-22(26)28-23)17-10-12-30(13-11-17)24(33)21-15-16-14-18(32(34)35)6-7-19(16)27-21/h6-9,14-15,17,27,29H,5,10-13H2,1-4H3. The summed E-state index contributed by atoms with van der Waals surface area (Å²) in [5.41, 5.74) is 1.66. The van der Waals surface area contributed by atoms with E-state index in [1.54, 1.807) is 23.1 Å². The number of halogens is 1. The number of hydrogen-bond donors (Lipinski definition) is 2. The van der Waals surface area contributed by atoms with Gasteiger partial charge in [0.25, 0.3) is 11.6 Å². The third-order valence-corrected chi connectivity index (χ3v) is 6.20. The largest absolute Gasteiger partial charge is 0.377 e. The second kappa shape index (κ2) is 9.52. The van der Waals surface area contributed by atoms with Gasteiger partial charge in [0, 0.05) is 54.3 Å². The van der Waals surface area contributed by atoms with E-state index in [2.05, 4.69) is 20.2 Å². The van der Waals surface area contributed by atoms with E-state index in [4.69, 9.17) is 0 Å². The van der Waals surface area contributed by atoms with Crippen molar-refractivity contribution in [2.45, 2.75) is 52.1 Å². The number of fused-ring (bicyclic) bond motifs is 1. The van der Waals surface area contributed by atoms with Crippen LogP contribution in [-0.2, 0) is 0 Å². The van der Waals surface area contributed by atoms with Crippen LogP contribution in [0.4, 0.5) is 21.6 Å². The van der Waals surface area contributed by atoms with Gasteiger partial charge in [-0.2, -0.15) is 4.39 Å². The molecule has 35 heavy (non-hydrogen) atoms. The smallest absolute Gasteiger partial charge is 0.270 e. The monoisotopic (exact) mass is 482 g/mol. The molecule has 10 heteroatoms. The predicted molar refractivity (Wildman–Crippen MR) is 134 cm³/mol. The zero-order chi connectivity index (χ0) is 25.3. The number of rotatable bonds is 6. The molecular weight excluding hydrogens is 451 g/mol. The highest BCUT2D eigenvalue weighted by Gasteiger charge is 2.30. The average molecular weight is 483 g/mol. The number of likely N-dealkylation sites (tertiary alicyclic amines) is 1. The second-order valence-corrected chi connectivity index (χ2v) is 9.90. The topological polar surface area (TPSA) is 107 Å². The Balaban J connectivity index is 1.48. The van der Waals surface area contributed by atoms with Crippen LogP contribution in [0.1, 0.15) is 51.0 Å². The van der Waals surface area contributed by atoms with Gasteiger partial charge in [0.05, 0.1) is 10.6 Å². The minimum absolute atomic E-state index is 0.0118. The van der Waals surface area contributed by atoms with Crippen LogP contribution in [0.2, 0.25) is 0 Å². The van der Waals surface area contributed by atoms with E-state index in [0.29, 0.717) is 42.0 Å². The Labute approximate surface area is 203 Å². The molecule has 0 aliphatic carbocycles.